The van der Waals surface area contributed by atoms with Crippen LogP contribution in [0.15, 0.2) is 48.6 Å². The zero-order valence-corrected chi connectivity index (χ0v) is 22.4. The van der Waals surface area contributed by atoms with Crippen LogP contribution in [-0.4, -0.2) is 73.7 Å². The van der Waals surface area contributed by atoms with E-state index in [1.54, 1.807) is 0 Å². The molecule has 2 aromatic carbocycles. The molecule has 2 fully saturated rings. The number of rotatable bonds is 6. The molecule has 2 aromatic rings. The maximum Gasteiger partial charge on any atom is 0.416 e. The van der Waals surface area contributed by atoms with E-state index in [1.165, 1.54) is 4.90 Å². The second-order valence-electron chi connectivity index (χ2n) is 10.4. The van der Waals surface area contributed by atoms with E-state index in [4.69, 9.17) is 4.74 Å². The maximum atomic E-state index is 13.5. The molecule has 4 rings (SSSR count). The first kappa shape index (κ1) is 30.1. The van der Waals surface area contributed by atoms with Gasteiger partial charge in [-0.25, -0.2) is 0 Å². The van der Waals surface area contributed by atoms with E-state index in [2.05, 4.69) is 10.2 Å². The van der Waals surface area contributed by atoms with Crippen LogP contribution in [0.5, 0.6) is 0 Å². The summed E-state index contributed by atoms with van der Waals surface area (Å²) in [6, 6.07) is 6.50. The Morgan fingerprint density at radius 3 is 2.30 bits per heavy atom. The van der Waals surface area contributed by atoms with Crippen molar-refractivity contribution in [2.45, 2.75) is 44.8 Å². The van der Waals surface area contributed by atoms with Crippen molar-refractivity contribution in [3.8, 4) is 0 Å². The highest BCUT2D eigenvalue weighted by molar-refractivity contribution is 5.95. The van der Waals surface area contributed by atoms with E-state index < -0.39 is 41.0 Å². The van der Waals surface area contributed by atoms with Crippen molar-refractivity contribution in [2.24, 2.45) is 0 Å². The Balaban J connectivity index is 1.59. The number of alkyl halides is 6. The predicted molar refractivity (Wildman–Crippen MR) is 139 cm³/mol. The summed E-state index contributed by atoms with van der Waals surface area (Å²) >= 11 is 0. The lowest BCUT2D eigenvalue weighted by Gasteiger charge is -2.41. The van der Waals surface area contributed by atoms with Crippen molar-refractivity contribution < 1.29 is 35.9 Å². The van der Waals surface area contributed by atoms with E-state index in [1.807, 2.05) is 44.2 Å². The van der Waals surface area contributed by atoms with Crippen LogP contribution >= 0.6 is 0 Å². The zero-order chi connectivity index (χ0) is 29.1. The first-order valence-electron chi connectivity index (χ1n) is 13.2. The normalized spacial score (nSPS) is 21.2. The third kappa shape index (κ3) is 7.64. The minimum atomic E-state index is -5.03. The summed E-state index contributed by atoms with van der Waals surface area (Å²) in [5.74, 6) is -0.845. The number of hydrogen-bond donors (Lipinski definition) is 1. The van der Waals surface area contributed by atoms with Gasteiger partial charge >= 0.3 is 12.4 Å². The number of ether oxygens (including phenoxy) is 1. The third-order valence-corrected chi connectivity index (χ3v) is 7.38. The summed E-state index contributed by atoms with van der Waals surface area (Å²) in [7, 11) is 0. The van der Waals surface area contributed by atoms with Crippen LogP contribution in [0.25, 0.3) is 0 Å². The third-order valence-electron chi connectivity index (χ3n) is 7.38. The number of amides is 1. The number of nitrogens with zero attached hydrogens (tertiary/aromatic N) is 2. The Labute approximate surface area is 229 Å². The second kappa shape index (κ2) is 12.3. The molecule has 0 radical (unpaired) electrons. The summed E-state index contributed by atoms with van der Waals surface area (Å²) in [6.45, 7) is 7.66. The van der Waals surface area contributed by atoms with Gasteiger partial charge in [0.15, 0.2) is 0 Å². The van der Waals surface area contributed by atoms with Crippen LogP contribution in [-0.2, 0) is 23.5 Å². The number of hydrogen-bond acceptors (Lipinski definition) is 4. The Morgan fingerprint density at radius 1 is 1.00 bits per heavy atom. The molecular formula is C29H33F6N3O2. The van der Waals surface area contributed by atoms with Crippen LogP contribution < -0.4 is 5.32 Å². The molecule has 2 atom stereocenters. The van der Waals surface area contributed by atoms with Crippen LogP contribution in [0.4, 0.5) is 26.3 Å². The molecule has 2 unspecified atom stereocenters. The van der Waals surface area contributed by atoms with Gasteiger partial charge in [-0.15, -0.1) is 0 Å². The smallest absolute Gasteiger partial charge is 0.372 e. The van der Waals surface area contributed by atoms with Gasteiger partial charge in [-0.05, 0) is 55.2 Å². The average molecular weight is 570 g/mol. The van der Waals surface area contributed by atoms with Crippen molar-refractivity contribution in [1.29, 1.82) is 0 Å². The highest BCUT2D eigenvalue weighted by Gasteiger charge is 2.39. The van der Waals surface area contributed by atoms with Gasteiger partial charge in [0.1, 0.15) is 0 Å². The molecule has 0 aliphatic carbocycles. The van der Waals surface area contributed by atoms with Gasteiger partial charge < -0.3 is 15.0 Å². The van der Waals surface area contributed by atoms with Gasteiger partial charge in [-0.1, -0.05) is 30.4 Å². The van der Waals surface area contributed by atoms with Crippen LogP contribution in [0.2, 0.25) is 0 Å². The summed E-state index contributed by atoms with van der Waals surface area (Å²) in [5.41, 5.74) is -0.540. The highest BCUT2D eigenvalue weighted by atomic mass is 19.4. The Hall–Kier alpha value is -2.89. The topological polar surface area (TPSA) is 44.8 Å². The van der Waals surface area contributed by atoms with Crippen molar-refractivity contribution in [2.75, 3.05) is 45.9 Å². The molecule has 2 heterocycles. The number of piperazine rings is 1. The summed E-state index contributed by atoms with van der Waals surface area (Å²) in [4.78, 5) is 17.1. The molecule has 40 heavy (non-hydrogen) atoms. The highest BCUT2D eigenvalue weighted by Crippen LogP contribution is 2.37. The van der Waals surface area contributed by atoms with Crippen LogP contribution in [0, 0.1) is 13.8 Å². The number of nitrogens with one attached hydrogen (secondary N) is 1. The molecule has 11 heteroatoms. The van der Waals surface area contributed by atoms with Gasteiger partial charge in [-0.3, -0.25) is 9.69 Å². The zero-order valence-electron chi connectivity index (χ0n) is 22.4. The summed E-state index contributed by atoms with van der Waals surface area (Å²) in [6.07, 6.45) is -5.72. The number of carbonyl (C=O) groups excluding carboxylic acids is 1. The van der Waals surface area contributed by atoms with E-state index in [0.29, 0.717) is 51.3 Å². The SMILES string of the molecule is Cc1ccc(CC2CN(CC=CC3CNCCO3)CCN2C(=O)c2cc(C(F)(F)F)cc(C(F)(F)F)c2)cc1C. The Morgan fingerprint density at radius 2 is 1.70 bits per heavy atom. The van der Waals surface area contributed by atoms with E-state index in [0.717, 1.165) is 23.2 Å². The fourth-order valence-electron chi connectivity index (χ4n) is 5.05. The number of morpholine rings is 1. The second-order valence-corrected chi connectivity index (χ2v) is 10.4. The molecule has 0 aromatic heterocycles. The molecule has 1 amide bonds. The van der Waals surface area contributed by atoms with E-state index >= 15 is 0 Å². The van der Waals surface area contributed by atoms with Gasteiger partial charge in [0.25, 0.3) is 5.91 Å². The minimum Gasteiger partial charge on any atom is -0.372 e. The molecule has 2 saturated heterocycles. The largest absolute Gasteiger partial charge is 0.416 e. The van der Waals surface area contributed by atoms with Crippen molar-refractivity contribution in [1.82, 2.24) is 15.1 Å². The molecule has 0 saturated carbocycles. The Kier molecular flexibility index (Phi) is 9.26. The first-order valence-corrected chi connectivity index (χ1v) is 13.2. The standard InChI is InChI=1S/C29H33F6N3O2/c1-19-5-6-21(12-20(19)2)13-25-18-37(8-3-4-26-17-36-7-11-40-26)9-10-38(25)27(39)22-14-23(28(30,31)32)16-24(15-22)29(33,34)35/h3-6,12,14-16,25-26,36H,7-11,13,17-18H2,1-2H3. The molecule has 0 spiro atoms. The minimum absolute atomic E-state index is 0.0355. The lowest BCUT2D eigenvalue weighted by Crippen LogP contribution is -2.56. The fourth-order valence-corrected chi connectivity index (χ4v) is 5.05. The monoisotopic (exact) mass is 569 g/mol. The number of carbonyl (C=O) groups is 1. The number of aryl methyl sites for hydroxylation is 2. The maximum absolute atomic E-state index is 13.5. The Bertz CT molecular complexity index is 1190. The van der Waals surface area contributed by atoms with Crippen molar-refractivity contribution in [3.05, 3.63) is 81.9 Å². The van der Waals surface area contributed by atoms with Gasteiger partial charge in [-0.2, -0.15) is 26.3 Å². The molecule has 5 nitrogen and oxygen atoms in total. The predicted octanol–water partition coefficient (Wildman–Crippen LogP) is 5.25. The van der Waals surface area contributed by atoms with Gasteiger partial charge in [0, 0.05) is 50.9 Å². The summed E-state index contributed by atoms with van der Waals surface area (Å²) in [5, 5.41) is 3.25. The molecule has 0 bridgehead atoms. The van der Waals surface area contributed by atoms with E-state index in [-0.39, 0.29) is 18.7 Å². The lowest BCUT2D eigenvalue weighted by atomic mass is 9.97. The van der Waals surface area contributed by atoms with Crippen LogP contribution in [0.1, 0.15) is 38.2 Å². The molecule has 1 N–H and O–H groups in total. The van der Waals surface area contributed by atoms with Crippen LogP contribution in [0.3, 0.4) is 0 Å². The van der Waals surface area contributed by atoms with Crippen molar-refractivity contribution in [3.63, 3.8) is 0 Å². The lowest BCUT2D eigenvalue weighted by molar-refractivity contribution is -0.143. The van der Waals surface area contributed by atoms with Gasteiger partial charge in [0.05, 0.1) is 23.8 Å². The quantitative estimate of drug-likeness (QED) is 0.381. The molecule has 2 aliphatic rings. The first-order chi connectivity index (χ1) is 18.8. The van der Waals surface area contributed by atoms with Crippen molar-refractivity contribution >= 4 is 5.91 Å². The average Bonchev–Trinajstić information content (AvgIpc) is 2.90. The molecule has 2 aliphatic heterocycles. The van der Waals surface area contributed by atoms with E-state index in [9.17, 15) is 31.1 Å². The fraction of sp³-hybridized carbons (Fsp3) is 0.483. The van der Waals surface area contributed by atoms with Gasteiger partial charge in [0.2, 0.25) is 0 Å². The molecule has 218 valence electrons. The number of halogens is 6. The number of benzene rings is 2. The summed E-state index contributed by atoms with van der Waals surface area (Å²) < 4.78 is 86.4. The molecular weight excluding hydrogens is 536 g/mol.